The van der Waals surface area contributed by atoms with Crippen molar-refractivity contribution in [2.75, 3.05) is 17.9 Å². The predicted octanol–water partition coefficient (Wildman–Crippen LogP) is 1.19. The molecule has 18 heavy (non-hydrogen) atoms. The fraction of sp³-hybridized carbons (Fsp3) is 0.500. The lowest BCUT2D eigenvalue weighted by atomic mass is 10.1. The van der Waals surface area contributed by atoms with E-state index in [-0.39, 0.29) is 12.6 Å². The second kappa shape index (κ2) is 5.69. The zero-order valence-corrected chi connectivity index (χ0v) is 10.9. The molecule has 100 valence electrons. The lowest BCUT2D eigenvalue weighted by Gasteiger charge is -2.33. The van der Waals surface area contributed by atoms with E-state index < -0.39 is 10.2 Å². The molecule has 2 N–H and O–H groups in total. The second-order valence-electron chi connectivity index (χ2n) is 4.42. The maximum absolute atomic E-state index is 12.2. The van der Waals surface area contributed by atoms with Crippen molar-refractivity contribution in [2.24, 2.45) is 0 Å². The summed E-state index contributed by atoms with van der Waals surface area (Å²) in [5.74, 6) is 0. The molecule has 2 rings (SSSR count). The lowest BCUT2D eigenvalue weighted by Crippen LogP contribution is -2.47. The molecule has 1 saturated heterocycles. The Morgan fingerprint density at radius 2 is 2.00 bits per heavy atom. The molecule has 1 aromatic rings. The molecule has 6 heteroatoms. The molecule has 1 atom stereocenters. The highest BCUT2D eigenvalue weighted by molar-refractivity contribution is 7.90. The summed E-state index contributed by atoms with van der Waals surface area (Å²) in [6.45, 7) is 0.336. The molecular formula is C12H18N2O3S. The molecular weight excluding hydrogens is 252 g/mol. The summed E-state index contributed by atoms with van der Waals surface area (Å²) in [5, 5.41) is 9.26. The number of piperidine rings is 1. The van der Waals surface area contributed by atoms with Gasteiger partial charge in [-0.15, -0.1) is 0 Å². The van der Waals surface area contributed by atoms with Crippen molar-refractivity contribution in [2.45, 2.75) is 25.3 Å². The van der Waals surface area contributed by atoms with Crippen LogP contribution in [0.3, 0.4) is 0 Å². The molecule has 0 bridgehead atoms. The quantitative estimate of drug-likeness (QED) is 0.863. The number of nitrogens with one attached hydrogen (secondary N) is 1. The van der Waals surface area contributed by atoms with E-state index in [1.165, 1.54) is 4.31 Å². The fourth-order valence-corrected chi connectivity index (χ4v) is 3.67. The van der Waals surface area contributed by atoms with Gasteiger partial charge in [0.25, 0.3) is 0 Å². The average molecular weight is 270 g/mol. The number of aliphatic hydroxyl groups excluding tert-OH is 1. The highest BCUT2D eigenvalue weighted by atomic mass is 32.2. The van der Waals surface area contributed by atoms with E-state index in [1.807, 2.05) is 6.07 Å². The number of nitrogens with zero attached hydrogens (tertiary/aromatic N) is 1. The number of anilines is 1. The number of hydrogen-bond acceptors (Lipinski definition) is 3. The van der Waals surface area contributed by atoms with Crippen LogP contribution in [0.2, 0.25) is 0 Å². The standard InChI is InChI=1S/C12H18N2O3S/c15-10-12-8-4-5-9-14(12)18(16,17)13-11-6-2-1-3-7-11/h1-3,6-7,12-13,15H,4-5,8-10H2. The Bertz CT molecular complexity index is 475. The van der Waals surface area contributed by atoms with Gasteiger partial charge in [0.15, 0.2) is 0 Å². The summed E-state index contributed by atoms with van der Waals surface area (Å²) in [6.07, 6.45) is 2.51. The van der Waals surface area contributed by atoms with Crippen molar-refractivity contribution in [1.82, 2.24) is 4.31 Å². The van der Waals surface area contributed by atoms with Gasteiger partial charge in [0.2, 0.25) is 0 Å². The minimum absolute atomic E-state index is 0.129. The van der Waals surface area contributed by atoms with E-state index in [9.17, 15) is 13.5 Å². The number of hydrogen-bond donors (Lipinski definition) is 2. The Balaban J connectivity index is 2.14. The van der Waals surface area contributed by atoms with Crippen LogP contribution in [-0.2, 0) is 10.2 Å². The SMILES string of the molecule is O=S(=O)(Nc1ccccc1)N1CCCCC1CO. The summed E-state index contributed by atoms with van der Waals surface area (Å²) >= 11 is 0. The highest BCUT2D eigenvalue weighted by Crippen LogP contribution is 2.21. The number of benzene rings is 1. The van der Waals surface area contributed by atoms with E-state index in [2.05, 4.69) is 4.72 Å². The lowest BCUT2D eigenvalue weighted by molar-refractivity contribution is 0.156. The number of rotatable bonds is 4. The first-order chi connectivity index (χ1) is 8.63. The van der Waals surface area contributed by atoms with Crippen molar-refractivity contribution in [3.8, 4) is 0 Å². The van der Waals surface area contributed by atoms with Gasteiger partial charge in [-0.05, 0) is 25.0 Å². The third-order valence-corrected chi connectivity index (χ3v) is 4.71. The van der Waals surface area contributed by atoms with E-state index >= 15 is 0 Å². The molecule has 5 nitrogen and oxygen atoms in total. The predicted molar refractivity (Wildman–Crippen MR) is 70.4 cm³/mol. The molecule has 0 radical (unpaired) electrons. The molecule has 0 aliphatic carbocycles. The molecule has 0 saturated carbocycles. The van der Waals surface area contributed by atoms with Crippen molar-refractivity contribution < 1.29 is 13.5 Å². The largest absolute Gasteiger partial charge is 0.395 e. The second-order valence-corrected chi connectivity index (χ2v) is 6.04. The van der Waals surface area contributed by atoms with Crippen LogP contribution in [0.25, 0.3) is 0 Å². The van der Waals surface area contributed by atoms with Gasteiger partial charge in [-0.3, -0.25) is 4.72 Å². The van der Waals surface area contributed by atoms with Gasteiger partial charge in [0.1, 0.15) is 0 Å². The van der Waals surface area contributed by atoms with Crippen LogP contribution < -0.4 is 4.72 Å². The van der Waals surface area contributed by atoms with Gasteiger partial charge >= 0.3 is 10.2 Å². The van der Waals surface area contributed by atoms with Crippen molar-refractivity contribution in [3.05, 3.63) is 30.3 Å². The third kappa shape index (κ3) is 3.01. The van der Waals surface area contributed by atoms with Gasteiger partial charge in [-0.2, -0.15) is 12.7 Å². The number of para-hydroxylation sites is 1. The molecule has 1 fully saturated rings. The van der Waals surface area contributed by atoms with Crippen molar-refractivity contribution in [3.63, 3.8) is 0 Å². The molecule has 1 aromatic carbocycles. The monoisotopic (exact) mass is 270 g/mol. The molecule has 1 heterocycles. The normalized spacial score (nSPS) is 21.7. The Kier molecular flexibility index (Phi) is 4.21. The first kappa shape index (κ1) is 13.3. The number of aliphatic hydroxyl groups is 1. The van der Waals surface area contributed by atoms with E-state index in [0.29, 0.717) is 18.7 Å². The fourth-order valence-electron chi connectivity index (χ4n) is 2.19. The first-order valence-corrected chi connectivity index (χ1v) is 7.53. The maximum atomic E-state index is 12.2. The minimum Gasteiger partial charge on any atom is -0.395 e. The van der Waals surface area contributed by atoms with E-state index in [1.54, 1.807) is 24.3 Å². The van der Waals surface area contributed by atoms with Crippen LogP contribution in [0.4, 0.5) is 5.69 Å². The van der Waals surface area contributed by atoms with Gasteiger partial charge < -0.3 is 5.11 Å². The van der Waals surface area contributed by atoms with Crippen LogP contribution >= 0.6 is 0 Å². The molecule has 1 aliphatic heterocycles. The van der Waals surface area contributed by atoms with Crippen LogP contribution in [-0.4, -0.2) is 37.0 Å². The van der Waals surface area contributed by atoms with Crippen LogP contribution in [0.15, 0.2) is 30.3 Å². The summed E-state index contributed by atoms with van der Waals surface area (Å²) in [4.78, 5) is 0. The topological polar surface area (TPSA) is 69.6 Å². The Hall–Kier alpha value is -1.11. The molecule has 1 aliphatic rings. The van der Waals surface area contributed by atoms with Gasteiger partial charge in [-0.1, -0.05) is 24.6 Å². The summed E-state index contributed by atoms with van der Waals surface area (Å²) in [5.41, 5.74) is 0.541. The first-order valence-electron chi connectivity index (χ1n) is 6.09. The summed E-state index contributed by atoms with van der Waals surface area (Å²) < 4.78 is 28.4. The van der Waals surface area contributed by atoms with E-state index in [4.69, 9.17) is 0 Å². The molecule has 0 aromatic heterocycles. The van der Waals surface area contributed by atoms with Crippen LogP contribution in [0.1, 0.15) is 19.3 Å². The highest BCUT2D eigenvalue weighted by Gasteiger charge is 2.31. The molecule has 0 amide bonds. The van der Waals surface area contributed by atoms with Gasteiger partial charge in [-0.25, -0.2) is 0 Å². The minimum atomic E-state index is -3.57. The molecule has 0 spiro atoms. The Morgan fingerprint density at radius 1 is 1.28 bits per heavy atom. The van der Waals surface area contributed by atoms with Crippen molar-refractivity contribution in [1.29, 1.82) is 0 Å². The van der Waals surface area contributed by atoms with Gasteiger partial charge in [0, 0.05) is 18.3 Å². The zero-order chi connectivity index (χ0) is 13.0. The smallest absolute Gasteiger partial charge is 0.301 e. The Morgan fingerprint density at radius 3 is 2.67 bits per heavy atom. The van der Waals surface area contributed by atoms with Crippen molar-refractivity contribution >= 4 is 15.9 Å². The van der Waals surface area contributed by atoms with Gasteiger partial charge in [0.05, 0.1) is 6.61 Å². The van der Waals surface area contributed by atoms with Crippen LogP contribution in [0, 0.1) is 0 Å². The maximum Gasteiger partial charge on any atom is 0.301 e. The van der Waals surface area contributed by atoms with Crippen LogP contribution in [0.5, 0.6) is 0 Å². The van der Waals surface area contributed by atoms with E-state index in [0.717, 1.165) is 12.8 Å². The third-order valence-electron chi connectivity index (χ3n) is 3.11. The summed E-state index contributed by atoms with van der Waals surface area (Å²) in [7, 11) is -3.57. The zero-order valence-electron chi connectivity index (χ0n) is 10.1. The molecule has 1 unspecified atom stereocenters. The summed E-state index contributed by atoms with van der Waals surface area (Å²) in [6, 6.07) is 8.48. The average Bonchev–Trinajstić information content (AvgIpc) is 2.39. The Labute approximate surface area is 108 Å².